The molecule has 5 rings (SSSR count). The predicted octanol–water partition coefficient (Wildman–Crippen LogP) is 4.31. The minimum atomic E-state index is -0.148. The second-order valence-electron chi connectivity index (χ2n) is 6.67. The van der Waals surface area contributed by atoms with Gasteiger partial charge in [0.15, 0.2) is 10.8 Å². The molecule has 0 aliphatic heterocycles. The van der Waals surface area contributed by atoms with E-state index >= 15 is 0 Å². The van der Waals surface area contributed by atoms with Crippen LogP contribution in [0.4, 0.5) is 0 Å². The van der Waals surface area contributed by atoms with E-state index in [0.29, 0.717) is 44.0 Å². The van der Waals surface area contributed by atoms with E-state index in [1.165, 1.54) is 11.8 Å². The zero-order valence-electron chi connectivity index (χ0n) is 15.8. The second kappa shape index (κ2) is 7.55. The highest BCUT2D eigenvalue weighted by Crippen LogP contribution is 2.25. The van der Waals surface area contributed by atoms with Gasteiger partial charge in [-0.05, 0) is 30.7 Å². The van der Waals surface area contributed by atoms with Crippen molar-refractivity contribution in [3.63, 3.8) is 0 Å². The number of thioether (sulfide) groups is 1. The smallest absolute Gasteiger partial charge is 0.266 e. The van der Waals surface area contributed by atoms with Gasteiger partial charge in [0.25, 0.3) is 5.56 Å². The molecule has 148 valence electrons. The first kappa shape index (κ1) is 18.8. The van der Waals surface area contributed by atoms with Gasteiger partial charge in [-0.1, -0.05) is 47.6 Å². The lowest BCUT2D eigenvalue weighted by Crippen LogP contribution is -2.24. The standard InChI is InChI=1S/C21H15ClN6OS/c1-12-5-4-7-14-18(12)20(29)28(16-8-3-2-6-13(16)22)17(26-14)10-30-21-23-9-15-19(27-21)25-11-24-15/h2-9,11H,10H2,1H3,(H,23,24,25,27). The minimum Gasteiger partial charge on any atom is -0.342 e. The number of aryl methyl sites for hydroxylation is 1. The molecule has 0 radical (unpaired) electrons. The molecule has 0 aliphatic carbocycles. The topological polar surface area (TPSA) is 89.3 Å². The molecule has 0 atom stereocenters. The third-order valence-corrected chi connectivity index (χ3v) is 5.93. The zero-order valence-corrected chi connectivity index (χ0v) is 17.4. The maximum atomic E-state index is 13.5. The van der Waals surface area contributed by atoms with Crippen molar-refractivity contribution in [2.75, 3.05) is 0 Å². The fraction of sp³-hybridized carbons (Fsp3) is 0.0952. The van der Waals surface area contributed by atoms with Gasteiger partial charge in [0.05, 0.1) is 39.9 Å². The molecule has 2 aromatic carbocycles. The van der Waals surface area contributed by atoms with Crippen molar-refractivity contribution in [2.24, 2.45) is 0 Å². The van der Waals surface area contributed by atoms with E-state index in [0.717, 1.165) is 11.1 Å². The average Bonchev–Trinajstić information content (AvgIpc) is 3.21. The van der Waals surface area contributed by atoms with Gasteiger partial charge in [0.2, 0.25) is 0 Å². The lowest BCUT2D eigenvalue weighted by molar-refractivity contribution is 0.879. The van der Waals surface area contributed by atoms with E-state index in [1.54, 1.807) is 23.2 Å². The van der Waals surface area contributed by atoms with Crippen LogP contribution in [0.15, 0.2) is 64.9 Å². The molecule has 5 aromatic rings. The van der Waals surface area contributed by atoms with Crippen LogP contribution in [0.5, 0.6) is 0 Å². The van der Waals surface area contributed by atoms with Crippen LogP contribution in [0, 0.1) is 6.92 Å². The fourth-order valence-corrected chi connectivity index (χ4v) is 4.29. The highest BCUT2D eigenvalue weighted by molar-refractivity contribution is 7.98. The number of hydrogen-bond donors (Lipinski definition) is 1. The molecule has 1 N–H and O–H groups in total. The van der Waals surface area contributed by atoms with Crippen molar-refractivity contribution < 1.29 is 0 Å². The van der Waals surface area contributed by atoms with Gasteiger partial charge in [-0.3, -0.25) is 9.36 Å². The molecule has 0 saturated heterocycles. The molecule has 0 spiro atoms. The molecular weight excluding hydrogens is 420 g/mol. The number of imidazole rings is 1. The quantitative estimate of drug-likeness (QED) is 0.335. The van der Waals surface area contributed by atoms with Gasteiger partial charge in [-0.2, -0.15) is 0 Å². The minimum absolute atomic E-state index is 0.148. The first-order chi connectivity index (χ1) is 14.6. The summed E-state index contributed by atoms with van der Waals surface area (Å²) in [4.78, 5) is 34.2. The highest BCUT2D eigenvalue weighted by Gasteiger charge is 2.17. The summed E-state index contributed by atoms with van der Waals surface area (Å²) in [5.41, 5.74) is 3.34. The van der Waals surface area contributed by atoms with Crippen LogP contribution in [0.3, 0.4) is 0 Å². The van der Waals surface area contributed by atoms with Crippen molar-refractivity contribution in [2.45, 2.75) is 17.8 Å². The van der Waals surface area contributed by atoms with Gasteiger partial charge in [0.1, 0.15) is 11.3 Å². The number of aromatic nitrogens is 6. The van der Waals surface area contributed by atoms with E-state index in [2.05, 4.69) is 19.9 Å². The molecular formula is C21H15ClN6OS. The van der Waals surface area contributed by atoms with E-state index < -0.39 is 0 Å². The van der Waals surface area contributed by atoms with Crippen LogP contribution in [-0.2, 0) is 5.75 Å². The SMILES string of the molecule is Cc1cccc2nc(CSc3ncc4[nH]cnc4n3)n(-c3ccccc3Cl)c(=O)c12. The number of rotatable bonds is 4. The van der Waals surface area contributed by atoms with Crippen LogP contribution >= 0.6 is 23.4 Å². The summed E-state index contributed by atoms with van der Waals surface area (Å²) in [6.07, 6.45) is 3.27. The Morgan fingerprint density at radius 1 is 1.10 bits per heavy atom. The van der Waals surface area contributed by atoms with Crippen molar-refractivity contribution in [3.05, 3.63) is 81.8 Å². The van der Waals surface area contributed by atoms with Gasteiger partial charge >= 0.3 is 0 Å². The fourth-order valence-electron chi connectivity index (χ4n) is 3.34. The largest absolute Gasteiger partial charge is 0.342 e. The molecule has 3 heterocycles. The highest BCUT2D eigenvalue weighted by atomic mass is 35.5. The number of halogens is 1. The molecule has 0 bridgehead atoms. The van der Waals surface area contributed by atoms with Gasteiger partial charge in [0, 0.05) is 0 Å². The summed E-state index contributed by atoms with van der Waals surface area (Å²) in [5.74, 6) is 0.960. The van der Waals surface area contributed by atoms with Gasteiger partial charge in [-0.25, -0.2) is 19.9 Å². The van der Waals surface area contributed by atoms with Crippen LogP contribution in [0.25, 0.3) is 27.8 Å². The number of aromatic amines is 1. The Kier molecular flexibility index (Phi) is 4.72. The third kappa shape index (κ3) is 3.24. The van der Waals surface area contributed by atoms with E-state index in [1.807, 2.05) is 43.3 Å². The number of nitrogens with zero attached hydrogens (tertiary/aromatic N) is 5. The Labute approximate surface area is 180 Å². The molecule has 0 aliphatic rings. The van der Waals surface area contributed by atoms with Crippen LogP contribution in [-0.4, -0.2) is 29.5 Å². The normalized spacial score (nSPS) is 11.4. The summed E-state index contributed by atoms with van der Waals surface area (Å²) >= 11 is 7.82. The van der Waals surface area contributed by atoms with Crippen LogP contribution < -0.4 is 5.56 Å². The number of fused-ring (bicyclic) bond motifs is 2. The zero-order chi connectivity index (χ0) is 20.7. The first-order valence-corrected chi connectivity index (χ1v) is 10.5. The Hall–Kier alpha value is -3.23. The molecule has 30 heavy (non-hydrogen) atoms. The average molecular weight is 435 g/mol. The van der Waals surface area contributed by atoms with Crippen LogP contribution in [0.1, 0.15) is 11.4 Å². The summed E-state index contributed by atoms with van der Waals surface area (Å²) in [5, 5.41) is 1.62. The van der Waals surface area contributed by atoms with Crippen molar-refractivity contribution >= 4 is 45.4 Å². The first-order valence-electron chi connectivity index (χ1n) is 9.17. The van der Waals surface area contributed by atoms with Crippen molar-refractivity contribution in [1.29, 1.82) is 0 Å². The Morgan fingerprint density at radius 3 is 2.83 bits per heavy atom. The second-order valence-corrected chi connectivity index (χ2v) is 8.02. The maximum absolute atomic E-state index is 13.5. The summed E-state index contributed by atoms with van der Waals surface area (Å²) in [6.45, 7) is 1.91. The number of para-hydroxylation sites is 1. The van der Waals surface area contributed by atoms with E-state index in [9.17, 15) is 4.79 Å². The Morgan fingerprint density at radius 2 is 1.97 bits per heavy atom. The summed E-state index contributed by atoms with van der Waals surface area (Å²) in [6, 6.07) is 12.9. The van der Waals surface area contributed by atoms with Gasteiger partial charge < -0.3 is 4.98 Å². The molecule has 0 fully saturated rings. The molecule has 0 unspecified atom stereocenters. The lowest BCUT2D eigenvalue weighted by Gasteiger charge is -2.15. The van der Waals surface area contributed by atoms with E-state index in [-0.39, 0.29) is 5.56 Å². The lowest BCUT2D eigenvalue weighted by atomic mass is 10.1. The molecule has 0 amide bonds. The van der Waals surface area contributed by atoms with Crippen LogP contribution in [0.2, 0.25) is 5.02 Å². The van der Waals surface area contributed by atoms with E-state index in [4.69, 9.17) is 16.6 Å². The monoisotopic (exact) mass is 434 g/mol. The molecule has 7 nitrogen and oxygen atoms in total. The number of hydrogen-bond acceptors (Lipinski definition) is 6. The van der Waals surface area contributed by atoms with Gasteiger partial charge in [-0.15, -0.1) is 0 Å². The number of benzene rings is 2. The van der Waals surface area contributed by atoms with Crippen molar-refractivity contribution in [3.8, 4) is 5.69 Å². The maximum Gasteiger partial charge on any atom is 0.266 e. The Bertz CT molecular complexity index is 1460. The predicted molar refractivity (Wildman–Crippen MR) is 118 cm³/mol. The Balaban J connectivity index is 1.65. The summed E-state index contributed by atoms with van der Waals surface area (Å²) in [7, 11) is 0. The number of H-pyrrole nitrogens is 1. The van der Waals surface area contributed by atoms with Crippen molar-refractivity contribution in [1.82, 2.24) is 29.5 Å². The number of nitrogens with one attached hydrogen (secondary N) is 1. The molecule has 9 heteroatoms. The third-order valence-electron chi connectivity index (χ3n) is 4.75. The molecule has 3 aromatic heterocycles. The molecule has 0 saturated carbocycles. The summed E-state index contributed by atoms with van der Waals surface area (Å²) < 4.78 is 1.58.